The van der Waals surface area contributed by atoms with Crippen LogP contribution in [0.5, 0.6) is 0 Å². The third-order valence-electron chi connectivity index (χ3n) is 2.61. The third-order valence-corrected chi connectivity index (χ3v) is 2.61. The summed E-state index contributed by atoms with van der Waals surface area (Å²) in [6, 6.07) is 2.77. The van der Waals surface area contributed by atoms with E-state index >= 15 is 0 Å². The van der Waals surface area contributed by atoms with Crippen molar-refractivity contribution in [3.8, 4) is 0 Å². The average molecular weight is 255 g/mol. The molecule has 0 aromatic heterocycles. The fraction of sp³-hybridized carbons (Fsp3) is 0.385. The van der Waals surface area contributed by atoms with Gasteiger partial charge in [0, 0.05) is 12.0 Å². The summed E-state index contributed by atoms with van der Waals surface area (Å²) in [7, 11) is 0. The second-order valence-electron chi connectivity index (χ2n) is 3.99. The highest BCUT2D eigenvalue weighted by molar-refractivity contribution is 5.89. The van der Waals surface area contributed by atoms with Crippen LogP contribution < -0.4 is 5.32 Å². The Morgan fingerprint density at radius 1 is 1.28 bits per heavy atom. The fourth-order valence-corrected chi connectivity index (χ4v) is 1.54. The molecule has 1 unspecified atom stereocenters. The number of halogens is 2. The molecule has 0 heterocycles. The summed E-state index contributed by atoms with van der Waals surface area (Å²) >= 11 is 0. The largest absolute Gasteiger partial charge is 0.346 e. The highest BCUT2D eigenvalue weighted by atomic mass is 19.1. The number of hydrogen-bond donors (Lipinski definition) is 1. The summed E-state index contributed by atoms with van der Waals surface area (Å²) in [5, 5.41) is 2.41. The normalized spacial score (nSPS) is 12.0. The number of amides is 1. The summed E-state index contributed by atoms with van der Waals surface area (Å²) in [6.07, 6.45) is -0.116. The monoisotopic (exact) mass is 255 g/mol. The number of rotatable bonds is 5. The maximum Gasteiger partial charge on any atom is 0.225 e. The Balaban J connectivity index is 2.68. The molecule has 18 heavy (non-hydrogen) atoms. The van der Waals surface area contributed by atoms with Crippen molar-refractivity contribution in [2.24, 2.45) is 0 Å². The van der Waals surface area contributed by atoms with Gasteiger partial charge in [0.2, 0.25) is 5.91 Å². The van der Waals surface area contributed by atoms with Crippen LogP contribution in [-0.2, 0) is 16.0 Å². The lowest BCUT2D eigenvalue weighted by Crippen LogP contribution is -2.39. The summed E-state index contributed by atoms with van der Waals surface area (Å²) in [6.45, 7) is 3.23. The molecule has 1 amide bonds. The Hall–Kier alpha value is -1.78. The van der Waals surface area contributed by atoms with E-state index in [2.05, 4.69) is 5.32 Å². The van der Waals surface area contributed by atoms with Gasteiger partial charge in [-0.15, -0.1) is 0 Å². The van der Waals surface area contributed by atoms with Crippen molar-refractivity contribution in [3.63, 3.8) is 0 Å². The first-order chi connectivity index (χ1) is 8.45. The molecule has 1 aromatic carbocycles. The second-order valence-corrected chi connectivity index (χ2v) is 3.99. The van der Waals surface area contributed by atoms with Crippen LogP contribution in [0.3, 0.4) is 0 Å². The van der Waals surface area contributed by atoms with Crippen LogP contribution in [0.15, 0.2) is 18.2 Å². The number of carbonyl (C=O) groups is 2. The molecular weight excluding hydrogens is 240 g/mol. The maximum atomic E-state index is 13.3. The lowest BCUT2D eigenvalue weighted by molar-refractivity contribution is -0.127. The van der Waals surface area contributed by atoms with E-state index in [4.69, 9.17) is 0 Å². The van der Waals surface area contributed by atoms with Crippen molar-refractivity contribution in [2.75, 3.05) is 0 Å². The molecule has 0 saturated carbocycles. The molecule has 0 aliphatic rings. The van der Waals surface area contributed by atoms with Crippen molar-refractivity contribution >= 4 is 11.7 Å². The molecule has 1 rings (SSSR count). The summed E-state index contributed by atoms with van der Waals surface area (Å²) in [4.78, 5) is 22.8. The zero-order valence-corrected chi connectivity index (χ0v) is 10.3. The van der Waals surface area contributed by atoms with Crippen LogP contribution in [0.2, 0.25) is 0 Å². The average Bonchev–Trinajstić information content (AvgIpc) is 2.32. The molecule has 0 aliphatic heterocycles. The number of nitrogens with one attached hydrogen (secondary N) is 1. The molecule has 0 saturated heterocycles. The molecule has 0 radical (unpaired) electrons. The predicted molar refractivity (Wildman–Crippen MR) is 63.0 cm³/mol. The van der Waals surface area contributed by atoms with Crippen LogP contribution in [0.4, 0.5) is 8.78 Å². The Kier molecular flexibility index (Phi) is 4.95. The van der Waals surface area contributed by atoms with Gasteiger partial charge in [0.15, 0.2) is 5.78 Å². The molecular formula is C13H15F2NO2. The van der Waals surface area contributed by atoms with Crippen LogP contribution in [0.1, 0.15) is 25.8 Å². The molecule has 0 spiro atoms. The van der Waals surface area contributed by atoms with Crippen molar-refractivity contribution in [1.29, 1.82) is 0 Å². The van der Waals surface area contributed by atoms with Crippen molar-refractivity contribution < 1.29 is 18.4 Å². The Bertz CT molecular complexity index is 440. The van der Waals surface area contributed by atoms with E-state index in [-0.39, 0.29) is 11.3 Å². The van der Waals surface area contributed by atoms with E-state index in [9.17, 15) is 18.4 Å². The molecule has 1 aromatic rings. The smallest absolute Gasteiger partial charge is 0.225 e. The quantitative estimate of drug-likeness (QED) is 0.874. The SMILES string of the molecule is CCC(=O)C(C)NC(=O)Cc1c(F)cccc1F. The van der Waals surface area contributed by atoms with E-state index in [1.165, 1.54) is 6.07 Å². The standard InChI is InChI=1S/C13H15F2NO2/c1-3-12(17)8(2)16-13(18)7-9-10(14)5-4-6-11(9)15/h4-6,8H,3,7H2,1-2H3,(H,16,18). The van der Waals surface area contributed by atoms with Gasteiger partial charge in [-0.05, 0) is 19.1 Å². The number of Topliss-reactive ketones (excluding diaryl/α,β-unsaturated/α-hetero) is 1. The van der Waals surface area contributed by atoms with Gasteiger partial charge in [-0.3, -0.25) is 9.59 Å². The van der Waals surface area contributed by atoms with Gasteiger partial charge >= 0.3 is 0 Å². The van der Waals surface area contributed by atoms with Gasteiger partial charge in [-0.2, -0.15) is 0 Å². The summed E-state index contributed by atoms with van der Waals surface area (Å²) in [5.41, 5.74) is -0.286. The molecule has 5 heteroatoms. The topological polar surface area (TPSA) is 46.2 Å². The van der Waals surface area contributed by atoms with Crippen LogP contribution in [0, 0.1) is 11.6 Å². The van der Waals surface area contributed by atoms with Gasteiger partial charge < -0.3 is 5.32 Å². The first kappa shape index (κ1) is 14.3. The number of hydrogen-bond acceptors (Lipinski definition) is 2. The predicted octanol–water partition coefficient (Wildman–Crippen LogP) is 1.99. The summed E-state index contributed by atoms with van der Waals surface area (Å²) in [5.74, 6) is -2.23. The minimum absolute atomic E-state index is 0.127. The Morgan fingerprint density at radius 2 is 1.83 bits per heavy atom. The third kappa shape index (κ3) is 3.61. The van der Waals surface area contributed by atoms with Gasteiger partial charge in [-0.25, -0.2) is 8.78 Å². The zero-order chi connectivity index (χ0) is 13.7. The van der Waals surface area contributed by atoms with E-state index in [1.807, 2.05) is 0 Å². The highest BCUT2D eigenvalue weighted by Gasteiger charge is 2.17. The molecule has 1 atom stereocenters. The fourth-order valence-electron chi connectivity index (χ4n) is 1.54. The Morgan fingerprint density at radius 3 is 2.33 bits per heavy atom. The maximum absolute atomic E-state index is 13.3. The van der Waals surface area contributed by atoms with E-state index in [0.29, 0.717) is 6.42 Å². The molecule has 98 valence electrons. The van der Waals surface area contributed by atoms with Gasteiger partial charge in [-0.1, -0.05) is 13.0 Å². The van der Waals surface area contributed by atoms with Crippen LogP contribution in [-0.4, -0.2) is 17.7 Å². The summed E-state index contributed by atoms with van der Waals surface area (Å²) < 4.78 is 26.6. The molecule has 0 fully saturated rings. The van der Waals surface area contributed by atoms with Crippen LogP contribution in [0.25, 0.3) is 0 Å². The van der Waals surface area contributed by atoms with Crippen molar-refractivity contribution in [2.45, 2.75) is 32.7 Å². The molecule has 0 aliphatic carbocycles. The van der Waals surface area contributed by atoms with E-state index in [0.717, 1.165) is 12.1 Å². The first-order valence-electron chi connectivity index (χ1n) is 5.70. The van der Waals surface area contributed by atoms with E-state index in [1.54, 1.807) is 13.8 Å². The highest BCUT2D eigenvalue weighted by Crippen LogP contribution is 2.12. The molecule has 0 bridgehead atoms. The number of benzene rings is 1. The van der Waals surface area contributed by atoms with Gasteiger partial charge in [0.25, 0.3) is 0 Å². The minimum atomic E-state index is -0.764. The van der Waals surface area contributed by atoms with Crippen molar-refractivity contribution in [1.82, 2.24) is 5.32 Å². The van der Waals surface area contributed by atoms with E-state index < -0.39 is 30.0 Å². The lowest BCUT2D eigenvalue weighted by Gasteiger charge is -2.12. The lowest BCUT2D eigenvalue weighted by atomic mass is 10.1. The van der Waals surface area contributed by atoms with Crippen LogP contribution >= 0.6 is 0 Å². The number of ketones is 1. The van der Waals surface area contributed by atoms with Gasteiger partial charge in [0.05, 0.1) is 12.5 Å². The second kappa shape index (κ2) is 6.23. The van der Waals surface area contributed by atoms with Crippen molar-refractivity contribution in [3.05, 3.63) is 35.4 Å². The molecule has 3 nitrogen and oxygen atoms in total. The molecule has 1 N–H and O–H groups in total. The zero-order valence-electron chi connectivity index (χ0n) is 10.3. The first-order valence-corrected chi connectivity index (χ1v) is 5.70. The van der Waals surface area contributed by atoms with Gasteiger partial charge in [0.1, 0.15) is 11.6 Å². The number of carbonyl (C=O) groups excluding carboxylic acids is 2. The Labute approximate surface area is 104 Å². The minimum Gasteiger partial charge on any atom is -0.346 e.